The number of nitrogens with one attached hydrogen (secondary N) is 1. The molecule has 1 N–H and O–H groups in total. The molecule has 3 amide bonds. The van der Waals surface area contributed by atoms with E-state index in [2.05, 4.69) is 22.4 Å². The third-order valence-corrected chi connectivity index (χ3v) is 7.33. The van der Waals surface area contributed by atoms with Crippen molar-refractivity contribution >= 4 is 17.7 Å². The Kier molecular flexibility index (Phi) is 6.73. The second-order valence-corrected chi connectivity index (χ2v) is 9.87. The van der Waals surface area contributed by atoms with Crippen molar-refractivity contribution in [3.05, 3.63) is 65.0 Å². The summed E-state index contributed by atoms with van der Waals surface area (Å²) in [5, 5.41) is 3.05. The molecule has 1 aromatic carbocycles. The fourth-order valence-corrected chi connectivity index (χ4v) is 5.22. The highest BCUT2D eigenvalue weighted by atomic mass is 16.2. The number of fused-ring (bicyclic) bond motifs is 1. The van der Waals surface area contributed by atoms with Crippen LogP contribution in [-0.2, 0) is 27.2 Å². The first-order valence-electron chi connectivity index (χ1n) is 12.1. The zero-order chi connectivity index (χ0) is 24.6. The van der Waals surface area contributed by atoms with Crippen LogP contribution in [0.5, 0.6) is 0 Å². The quantitative estimate of drug-likeness (QED) is 0.716. The Hall–Kier alpha value is -3.22. The Bertz CT molecular complexity index is 1060. The Morgan fingerprint density at radius 3 is 2.32 bits per heavy atom. The normalized spacial score (nSPS) is 22.2. The van der Waals surface area contributed by atoms with Gasteiger partial charge in [0.05, 0.1) is 0 Å². The van der Waals surface area contributed by atoms with Crippen LogP contribution < -0.4 is 5.32 Å². The highest BCUT2D eigenvalue weighted by molar-refractivity contribution is 6.00. The van der Waals surface area contributed by atoms with Gasteiger partial charge in [-0.25, -0.2) is 0 Å². The lowest BCUT2D eigenvalue weighted by molar-refractivity contribution is -0.161. The number of nitrogens with zero attached hydrogens (tertiary/aromatic N) is 3. The predicted octanol–water partition coefficient (Wildman–Crippen LogP) is 2.68. The zero-order valence-corrected chi connectivity index (χ0v) is 20.6. The fourth-order valence-electron chi connectivity index (χ4n) is 5.22. The van der Waals surface area contributed by atoms with E-state index in [1.54, 1.807) is 25.2 Å². The van der Waals surface area contributed by atoms with Crippen molar-refractivity contribution in [2.24, 2.45) is 11.8 Å². The van der Waals surface area contributed by atoms with Crippen LogP contribution in [0.3, 0.4) is 0 Å². The summed E-state index contributed by atoms with van der Waals surface area (Å²) in [5.41, 5.74) is 3.87. The van der Waals surface area contributed by atoms with Gasteiger partial charge in [-0.15, -0.1) is 0 Å². The maximum atomic E-state index is 14.2. The molecular formula is C27H34N4O3. The average Bonchev–Trinajstić information content (AvgIpc) is 3.25. The zero-order valence-electron chi connectivity index (χ0n) is 20.6. The molecule has 1 saturated heterocycles. The summed E-state index contributed by atoms with van der Waals surface area (Å²) in [7, 11) is 3.35. The number of amides is 3. The molecule has 2 aromatic rings. The van der Waals surface area contributed by atoms with Gasteiger partial charge in [-0.05, 0) is 48.8 Å². The van der Waals surface area contributed by atoms with Crippen molar-refractivity contribution in [1.29, 1.82) is 0 Å². The summed E-state index contributed by atoms with van der Waals surface area (Å²) in [6, 6.07) is 9.54. The first-order valence-corrected chi connectivity index (χ1v) is 12.1. The number of piperazine rings is 1. The number of hydrogen-bond acceptors (Lipinski definition) is 4. The molecule has 34 heavy (non-hydrogen) atoms. The molecule has 0 saturated carbocycles. The monoisotopic (exact) mass is 462 g/mol. The Balaban J connectivity index is 1.77. The minimum Gasteiger partial charge on any atom is -0.347 e. The van der Waals surface area contributed by atoms with Gasteiger partial charge in [-0.1, -0.05) is 50.6 Å². The van der Waals surface area contributed by atoms with Gasteiger partial charge < -0.3 is 15.1 Å². The molecule has 4 rings (SSSR count). The molecule has 1 aliphatic heterocycles. The van der Waals surface area contributed by atoms with Gasteiger partial charge in [0.25, 0.3) is 0 Å². The van der Waals surface area contributed by atoms with Crippen LogP contribution in [0.15, 0.2) is 42.6 Å². The molecule has 7 nitrogen and oxygen atoms in total. The smallest absolute Gasteiger partial charge is 0.249 e. The van der Waals surface area contributed by atoms with Gasteiger partial charge in [-0.2, -0.15) is 0 Å². The van der Waals surface area contributed by atoms with Crippen molar-refractivity contribution in [3.63, 3.8) is 0 Å². The molecule has 1 fully saturated rings. The number of aromatic nitrogens is 1. The van der Waals surface area contributed by atoms with Gasteiger partial charge in [0.15, 0.2) is 0 Å². The van der Waals surface area contributed by atoms with Gasteiger partial charge in [0.2, 0.25) is 17.7 Å². The largest absolute Gasteiger partial charge is 0.347 e. The van der Waals surface area contributed by atoms with Crippen LogP contribution in [0, 0.1) is 18.8 Å². The van der Waals surface area contributed by atoms with E-state index in [1.807, 2.05) is 45.0 Å². The number of likely N-dealkylation sites (N-methyl/N-ethyl adjacent to an activating group) is 1. The van der Waals surface area contributed by atoms with E-state index in [0.29, 0.717) is 12.0 Å². The molecule has 2 heterocycles. The summed E-state index contributed by atoms with van der Waals surface area (Å²) in [6.45, 7) is 5.83. The van der Waals surface area contributed by atoms with Gasteiger partial charge in [-0.3, -0.25) is 19.4 Å². The van der Waals surface area contributed by atoms with Crippen LogP contribution in [0.2, 0.25) is 0 Å². The molecule has 0 spiro atoms. The van der Waals surface area contributed by atoms with Gasteiger partial charge >= 0.3 is 0 Å². The van der Waals surface area contributed by atoms with Crippen LogP contribution in [-0.4, -0.2) is 58.7 Å². The molecule has 4 atom stereocenters. The minimum atomic E-state index is -0.910. The number of benzene rings is 1. The first kappa shape index (κ1) is 23.9. The Morgan fingerprint density at radius 1 is 1.15 bits per heavy atom. The molecule has 180 valence electrons. The summed E-state index contributed by atoms with van der Waals surface area (Å²) in [5.74, 6) is -0.771. The van der Waals surface area contributed by atoms with Gasteiger partial charge in [0.1, 0.15) is 18.1 Å². The van der Waals surface area contributed by atoms with Crippen LogP contribution >= 0.6 is 0 Å². The third kappa shape index (κ3) is 4.31. The Labute approximate surface area is 201 Å². The maximum Gasteiger partial charge on any atom is 0.249 e. The van der Waals surface area contributed by atoms with E-state index in [0.717, 1.165) is 18.5 Å². The van der Waals surface area contributed by atoms with Crippen molar-refractivity contribution in [3.8, 4) is 0 Å². The second kappa shape index (κ2) is 9.57. The number of hydrogen-bond donors (Lipinski definition) is 1. The van der Waals surface area contributed by atoms with E-state index in [-0.39, 0.29) is 29.6 Å². The first-order chi connectivity index (χ1) is 16.2. The SMILES string of the molecule is CC[C@H](C)[C@@H]1C(=O)N[C@H](C2Cc3ccccc3C2)C(=O)N1[C@@H](C(=O)N(C)C)c1ccc(C)nc1. The topological polar surface area (TPSA) is 82.6 Å². The molecule has 7 heteroatoms. The lowest BCUT2D eigenvalue weighted by Gasteiger charge is -2.46. The fraction of sp³-hybridized carbons (Fsp3) is 0.481. The Morgan fingerprint density at radius 2 is 1.79 bits per heavy atom. The minimum absolute atomic E-state index is 0.0412. The lowest BCUT2D eigenvalue weighted by atomic mass is 9.86. The molecule has 1 aliphatic carbocycles. The number of carbonyl (C=O) groups excluding carboxylic acids is 3. The van der Waals surface area contributed by atoms with E-state index in [1.165, 1.54) is 16.0 Å². The highest BCUT2D eigenvalue weighted by Gasteiger charge is 2.50. The van der Waals surface area contributed by atoms with Crippen molar-refractivity contribution in [2.75, 3.05) is 14.1 Å². The van der Waals surface area contributed by atoms with Crippen LogP contribution in [0.4, 0.5) is 0 Å². The summed E-state index contributed by atoms with van der Waals surface area (Å²) >= 11 is 0. The number of carbonyl (C=O) groups is 3. The standard InChI is InChI=1S/C27H34N4O3/c1-6-16(2)23-25(32)29-22(21-13-18-9-7-8-10-19(18)14-21)26(33)31(23)24(27(34)30(4)5)20-12-11-17(3)28-15-20/h7-12,15-16,21-24H,6,13-14H2,1-5H3,(H,29,32)/t16-,22+,23+,24+/m0/s1. The molecule has 0 radical (unpaired) electrons. The maximum absolute atomic E-state index is 14.2. The molecular weight excluding hydrogens is 428 g/mol. The van der Waals surface area contributed by atoms with Crippen LogP contribution in [0.1, 0.15) is 48.7 Å². The van der Waals surface area contributed by atoms with Crippen molar-refractivity contribution in [1.82, 2.24) is 20.1 Å². The van der Waals surface area contributed by atoms with E-state index in [4.69, 9.17) is 0 Å². The second-order valence-electron chi connectivity index (χ2n) is 9.87. The van der Waals surface area contributed by atoms with Crippen molar-refractivity contribution < 1.29 is 14.4 Å². The highest BCUT2D eigenvalue weighted by Crippen LogP contribution is 2.36. The molecule has 1 aromatic heterocycles. The van der Waals surface area contributed by atoms with E-state index < -0.39 is 18.1 Å². The average molecular weight is 463 g/mol. The van der Waals surface area contributed by atoms with Gasteiger partial charge in [0, 0.05) is 31.5 Å². The third-order valence-electron chi connectivity index (χ3n) is 7.33. The number of aryl methyl sites for hydroxylation is 1. The van der Waals surface area contributed by atoms with E-state index >= 15 is 0 Å². The molecule has 0 bridgehead atoms. The number of pyridine rings is 1. The predicted molar refractivity (Wildman–Crippen MR) is 130 cm³/mol. The summed E-state index contributed by atoms with van der Waals surface area (Å²) in [4.78, 5) is 48.6. The number of rotatable bonds is 6. The molecule has 0 unspecified atom stereocenters. The van der Waals surface area contributed by atoms with Crippen LogP contribution in [0.25, 0.3) is 0 Å². The van der Waals surface area contributed by atoms with Crippen molar-refractivity contribution in [2.45, 2.75) is 58.2 Å². The molecule has 2 aliphatic rings. The summed E-state index contributed by atoms with van der Waals surface area (Å²) < 4.78 is 0. The lowest BCUT2D eigenvalue weighted by Crippen LogP contribution is -2.68. The summed E-state index contributed by atoms with van der Waals surface area (Å²) in [6.07, 6.45) is 3.81. The van der Waals surface area contributed by atoms with E-state index in [9.17, 15) is 14.4 Å².